The number of aliphatic hydroxyl groups excluding tert-OH is 1. The lowest BCUT2D eigenvalue weighted by Gasteiger charge is -2.34. The number of carbonyl (C=O) groups is 3. The maximum absolute atomic E-state index is 13.9. The van der Waals surface area contributed by atoms with Crippen molar-refractivity contribution < 1.29 is 24.2 Å². The third-order valence-corrected chi connectivity index (χ3v) is 6.42. The number of para-hydroxylation sites is 1. The van der Waals surface area contributed by atoms with Gasteiger partial charge in [-0.2, -0.15) is 0 Å². The highest BCUT2D eigenvalue weighted by Gasteiger charge is 2.66. The zero-order valence-electron chi connectivity index (χ0n) is 20.2. The molecule has 2 heterocycles. The maximum Gasteiger partial charge on any atom is 0.296 e. The molecule has 0 aliphatic carbocycles. The van der Waals surface area contributed by atoms with E-state index < -0.39 is 28.9 Å². The number of ether oxygens (including phenoxy) is 1. The Hall–Kier alpha value is -3.91. The molecule has 2 aliphatic rings. The molecule has 2 aliphatic heterocycles. The Balaban J connectivity index is 1.90. The normalized spacial score (nSPS) is 20.7. The van der Waals surface area contributed by atoms with Gasteiger partial charge >= 0.3 is 0 Å². The third-order valence-electron chi connectivity index (χ3n) is 6.42. The van der Waals surface area contributed by atoms with Crippen LogP contribution < -0.4 is 9.64 Å². The van der Waals surface area contributed by atoms with Crippen LogP contribution in [0.25, 0.3) is 5.76 Å². The number of anilines is 1. The molecule has 1 unspecified atom stereocenters. The highest BCUT2D eigenvalue weighted by molar-refractivity contribution is 6.50. The van der Waals surface area contributed by atoms with Crippen LogP contribution in [0.2, 0.25) is 0 Å². The molecular weight excluding hydrogens is 446 g/mol. The molecule has 0 bridgehead atoms. The minimum Gasteiger partial charge on any atom is -0.507 e. The molecule has 0 aromatic heterocycles. The second-order valence-electron chi connectivity index (χ2n) is 8.88. The number of hydrogen-bond donors (Lipinski definition) is 1. The molecule has 1 spiro atoms. The summed E-state index contributed by atoms with van der Waals surface area (Å²) < 4.78 is 5.50. The second-order valence-corrected chi connectivity index (χ2v) is 8.88. The first-order chi connectivity index (χ1) is 16.7. The first-order valence-electron chi connectivity index (χ1n) is 11.4. The third kappa shape index (κ3) is 3.80. The van der Waals surface area contributed by atoms with Crippen LogP contribution in [-0.2, 0) is 19.9 Å². The van der Waals surface area contributed by atoms with Crippen LogP contribution in [0.15, 0.2) is 66.8 Å². The van der Waals surface area contributed by atoms with E-state index in [1.165, 1.54) is 9.80 Å². The fourth-order valence-electron chi connectivity index (χ4n) is 4.82. The van der Waals surface area contributed by atoms with Gasteiger partial charge in [-0.1, -0.05) is 30.9 Å². The number of nitrogens with zero attached hydrogens (tertiary/aromatic N) is 3. The molecule has 4 rings (SSSR count). The SMILES string of the molecule is C=CCOc1ccc(/C(O)=C2/C(=O)C(=O)N(CCCN(C)C)C23C(=O)N(C)c2ccccc23)cc1. The largest absolute Gasteiger partial charge is 0.507 e. The van der Waals surface area contributed by atoms with Crippen LogP contribution >= 0.6 is 0 Å². The molecule has 8 heteroatoms. The molecule has 182 valence electrons. The molecule has 35 heavy (non-hydrogen) atoms. The van der Waals surface area contributed by atoms with Crippen molar-refractivity contribution >= 4 is 29.0 Å². The lowest BCUT2D eigenvalue weighted by Crippen LogP contribution is -2.51. The number of ketones is 1. The van der Waals surface area contributed by atoms with Gasteiger partial charge in [-0.3, -0.25) is 14.4 Å². The molecule has 1 saturated heterocycles. The molecule has 1 fully saturated rings. The van der Waals surface area contributed by atoms with Crippen molar-refractivity contribution in [1.82, 2.24) is 9.80 Å². The molecule has 8 nitrogen and oxygen atoms in total. The first kappa shape index (κ1) is 24.2. The predicted molar refractivity (Wildman–Crippen MR) is 133 cm³/mol. The van der Waals surface area contributed by atoms with E-state index >= 15 is 0 Å². The standard InChI is InChI=1S/C27H29N3O5/c1-5-17-35-19-13-11-18(12-14-19)23(31)22-24(32)25(33)30(16-8-15-28(2)3)27(22)20-9-6-7-10-21(20)29(4)26(27)34/h5-7,9-14,31H,1,8,15-17H2,2-4H3/b23-22+. The summed E-state index contributed by atoms with van der Waals surface area (Å²) in [5.74, 6) is -1.96. The predicted octanol–water partition coefficient (Wildman–Crippen LogP) is 2.76. The Kier molecular flexibility index (Phi) is 6.49. The van der Waals surface area contributed by atoms with E-state index in [2.05, 4.69) is 6.58 Å². The van der Waals surface area contributed by atoms with Crippen molar-refractivity contribution in [1.29, 1.82) is 0 Å². The molecule has 2 aromatic carbocycles. The van der Waals surface area contributed by atoms with E-state index in [4.69, 9.17) is 4.74 Å². The number of amides is 2. The van der Waals surface area contributed by atoms with Gasteiger partial charge in [0, 0.05) is 30.4 Å². The molecule has 2 amide bonds. The van der Waals surface area contributed by atoms with Gasteiger partial charge in [0.05, 0.1) is 5.57 Å². The summed E-state index contributed by atoms with van der Waals surface area (Å²) in [6.07, 6.45) is 2.17. The van der Waals surface area contributed by atoms with Gasteiger partial charge < -0.3 is 24.5 Å². The number of likely N-dealkylation sites (N-methyl/N-ethyl adjacent to an activating group) is 1. The van der Waals surface area contributed by atoms with Crippen molar-refractivity contribution in [2.24, 2.45) is 0 Å². The quantitative estimate of drug-likeness (QED) is 0.273. The van der Waals surface area contributed by atoms with Gasteiger partial charge in [0.15, 0.2) is 5.54 Å². The highest BCUT2D eigenvalue weighted by atomic mass is 16.5. The van der Waals surface area contributed by atoms with Gasteiger partial charge in [0.25, 0.3) is 17.6 Å². The van der Waals surface area contributed by atoms with Crippen molar-refractivity contribution in [2.75, 3.05) is 45.7 Å². The van der Waals surface area contributed by atoms with Crippen LogP contribution in [0.3, 0.4) is 0 Å². The van der Waals surface area contributed by atoms with E-state index in [-0.39, 0.29) is 12.1 Å². The van der Waals surface area contributed by atoms with Gasteiger partial charge in [-0.05, 0) is 57.4 Å². The lowest BCUT2D eigenvalue weighted by atomic mass is 9.82. The topological polar surface area (TPSA) is 90.4 Å². The highest BCUT2D eigenvalue weighted by Crippen LogP contribution is 2.53. The van der Waals surface area contributed by atoms with Crippen LogP contribution in [0, 0.1) is 0 Å². The summed E-state index contributed by atoms with van der Waals surface area (Å²) in [6, 6.07) is 13.5. The Morgan fingerprint density at radius 1 is 1.11 bits per heavy atom. The number of fused-ring (bicyclic) bond motifs is 2. The number of rotatable bonds is 8. The molecule has 0 radical (unpaired) electrons. The van der Waals surface area contributed by atoms with Crippen LogP contribution in [-0.4, -0.2) is 73.3 Å². The summed E-state index contributed by atoms with van der Waals surface area (Å²) in [6.45, 7) is 4.78. The lowest BCUT2D eigenvalue weighted by molar-refractivity contribution is -0.143. The fraction of sp³-hybridized carbons (Fsp3) is 0.296. The van der Waals surface area contributed by atoms with E-state index in [9.17, 15) is 19.5 Å². The number of aliphatic hydroxyl groups is 1. The Bertz CT molecular complexity index is 1220. The first-order valence-corrected chi connectivity index (χ1v) is 11.4. The minimum absolute atomic E-state index is 0.182. The van der Waals surface area contributed by atoms with Crippen molar-refractivity contribution in [2.45, 2.75) is 12.0 Å². The molecule has 1 N–H and O–H groups in total. The van der Waals surface area contributed by atoms with Crippen LogP contribution in [0.4, 0.5) is 5.69 Å². The Labute approximate surface area is 204 Å². The summed E-state index contributed by atoms with van der Waals surface area (Å²) >= 11 is 0. The summed E-state index contributed by atoms with van der Waals surface area (Å²) in [7, 11) is 5.44. The number of Topliss-reactive ketones (excluding diaryl/α,β-unsaturated/α-hetero) is 1. The van der Waals surface area contributed by atoms with E-state index in [1.807, 2.05) is 19.0 Å². The van der Waals surface area contributed by atoms with E-state index in [0.29, 0.717) is 42.1 Å². The van der Waals surface area contributed by atoms with Gasteiger partial charge in [0.2, 0.25) is 0 Å². The Morgan fingerprint density at radius 2 is 1.80 bits per heavy atom. The monoisotopic (exact) mass is 475 g/mol. The van der Waals surface area contributed by atoms with E-state index in [1.54, 1.807) is 61.7 Å². The molecule has 2 aromatic rings. The minimum atomic E-state index is -1.73. The number of benzene rings is 2. The van der Waals surface area contributed by atoms with Gasteiger partial charge in [0.1, 0.15) is 18.1 Å². The van der Waals surface area contributed by atoms with Crippen molar-refractivity contribution in [3.05, 3.63) is 77.9 Å². The van der Waals surface area contributed by atoms with Crippen LogP contribution in [0.1, 0.15) is 17.5 Å². The second kappa shape index (κ2) is 9.38. The number of hydrogen-bond acceptors (Lipinski definition) is 6. The van der Waals surface area contributed by atoms with E-state index in [0.717, 1.165) is 0 Å². The number of likely N-dealkylation sites (tertiary alicyclic amines) is 1. The maximum atomic E-state index is 13.9. The average Bonchev–Trinajstić information content (AvgIpc) is 3.21. The summed E-state index contributed by atoms with van der Waals surface area (Å²) in [5, 5.41) is 11.4. The smallest absolute Gasteiger partial charge is 0.296 e. The van der Waals surface area contributed by atoms with Crippen molar-refractivity contribution in [3.8, 4) is 5.75 Å². The molecule has 0 saturated carbocycles. The average molecular weight is 476 g/mol. The van der Waals surface area contributed by atoms with Crippen LogP contribution in [0.5, 0.6) is 5.75 Å². The summed E-state index contributed by atoms with van der Waals surface area (Å²) in [4.78, 5) is 45.4. The fourth-order valence-corrected chi connectivity index (χ4v) is 4.82. The Morgan fingerprint density at radius 3 is 2.46 bits per heavy atom. The zero-order chi connectivity index (χ0) is 25.3. The summed E-state index contributed by atoms with van der Waals surface area (Å²) in [5.41, 5.74) is -0.538. The van der Waals surface area contributed by atoms with Gasteiger partial charge in [-0.15, -0.1) is 0 Å². The molecular formula is C27H29N3O5. The zero-order valence-corrected chi connectivity index (χ0v) is 20.2. The number of carbonyl (C=O) groups excluding carboxylic acids is 3. The molecule has 1 atom stereocenters. The van der Waals surface area contributed by atoms with Gasteiger partial charge in [-0.25, -0.2) is 0 Å². The van der Waals surface area contributed by atoms with Crippen molar-refractivity contribution in [3.63, 3.8) is 0 Å².